The molecule has 12 heteroatoms. The van der Waals surface area contributed by atoms with E-state index in [1.54, 1.807) is 0 Å². The molecule has 3 aromatic heterocycles. The Labute approximate surface area is 320 Å². The van der Waals surface area contributed by atoms with Crippen molar-refractivity contribution in [3.05, 3.63) is 135 Å². The molecule has 0 saturated carbocycles. The highest BCUT2D eigenvalue weighted by Crippen LogP contribution is 2.42. The SMILES string of the molecule is Cc1ccc(-c2ccc3c(c2)N(c2ccc(Cl)cc2)CCn2nnc(C)c2-3)cn1.Cc1nnn2c1-c1ccc(Br)cc1N(c1ccc(Cl)cc1)CC2. The monoisotopic (exact) mass is 789 g/mol. The molecule has 0 fully saturated rings. The van der Waals surface area contributed by atoms with Crippen LogP contribution >= 0.6 is 39.1 Å². The summed E-state index contributed by atoms with van der Waals surface area (Å²) in [5.41, 5.74) is 14.1. The Kier molecular flexibility index (Phi) is 9.29. The summed E-state index contributed by atoms with van der Waals surface area (Å²) in [6, 6.07) is 33.0. The van der Waals surface area contributed by atoms with Crippen LogP contribution in [0.25, 0.3) is 33.6 Å². The average molecular weight is 792 g/mol. The number of halogens is 3. The lowest BCUT2D eigenvalue weighted by molar-refractivity contribution is 0.605. The summed E-state index contributed by atoms with van der Waals surface area (Å²) in [7, 11) is 0. The Hall–Kier alpha value is -5.03. The molecule has 0 radical (unpaired) electrons. The second kappa shape index (κ2) is 14.2. The summed E-state index contributed by atoms with van der Waals surface area (Å²) in [5, 5.41) is 18.7. The van der Waals surface area contributed by atoms with E-state index in [1.165, 1.54) is 0 Å². The fourth-order valence-electron chi connectivity index (χ4n) is 6.89. The second-order valence-electron chi connectivity index (χ2n) is 12.8. The van der Waals surface area contributed by atoms with Gasteiger partial charge in [0.25, 0.3) is 0 Å². The van der Waals surface area contributed by atoms with Gasteiger partial charge < -0.3 is 9.80 Å². The highest BCUT2D eigenvalue weighted by molar-refractivity contribution is 9.10. The van der Waals surface area contributed by atoms with Gasteiger partial charge in [0.2, 0.25) is 0 Å². The van der Waals surface area contributed by atoms with Crippen LogP contribution in [0.2, 0.25) is 10.0 Å². The Balaban J connectivity index is 0.000000153. The van der Waals surface area contributed by atoms with Crippen LogP contribution in [0.4, 0.5) is 22.7 Å². The molecule has 52 heavy (non-hydrogen) atoms. The van der Waals surface area contributed by atoms with Crippen molar-refractivity contribution < 1.29 is 0 Å². The van der Waals surface area contributed by atoms with Crippen LogP contribution in [0.3, 0.4) is 0 Å². The van der Waals surface area contributed by atoms with E-state index in [1.807, 2.05) is 78.8 Å². The van der Waals surface area contributed by atoms with E-state index >= 15 is 0 Å². The summed E-state index contributed by atoms with van der Waals surface area (Å²) >= 11 is 15.8. The van der Waals surface area contributed by atoms with Gasteiger partial charge in [-0.25, -0.2) is 9.36 Å². The number of hydrogen-bond donors (Lipinski definition) is 0. The number of hydrogen-bond acceptors (Lipinski definition) is 7. The number of fused-ring (bicyclic) bond motifs is 6. The molecular formula is C40H34BrCl2N9. The molecule has 7 aromatic rings. The molecule has 9 rings (SSSR count). The lowest BCUT2D eigenvalue weighted by Gasteiger charge is -2.25. The van der Waals surface area contributed by atoms with E-state index < -0.39 is 0 Å². The van der Waals surface area contributed by atoms with Crippen molar-refractivity contribution in [2.24, 2.45) is 0 Å². The quantitative estimate of drug-likeness (QED) is 0.176. The molecule has 0 amide bonds. The van der Waals surface area contributed by atoms with Crippen molar-refractivity contribution in [1.29, 1.82) is 0 Å². The van der Waals surface area contributed by atoms with E-state index in [0.717, 1.165) is 114 Å². The third kappa shape index (κ3) is 6.58. The molecule has 0 N–H and O–H groups in total. The standard InChI is InChI=1S/C23H20ClN5.C17H14BrClN4/c1-15-3-4-18(14-25-15)17-5-10-21-22(13-17)28(20-8-6-19(24)7-9-20)11-12-29-23(21)16(2)26-27-29;1-11-17-15-7-2-12(18)10-16(15)22(8-9-23(17)21-20-11)14-5-3-13(19)4-6-14/h3-10,13-14H,11-12H2,1-2H3;2-7,10H,8-9H2,1H3. The number of aryl methyl sites for hydroxylation is 3. The van der Waals surface area contributed by atoms with Crippen molar-refractivity contribution in [2.75, 3.05) is 22.9 Å². The number of pyridine rings is 1. The van der Waals surface area contributed by atoms with Crippen molar-refractivity contribution in [3.63, 3.8) is 0 Å². The van der Waals surface area contributed by atoms with Crippen LogP contribution in [-0.4, -0.2) is 48.1 Å². The molecule has 0 aliphatic carbocycles. The van der Waals surface area contributed by atoms with Gasteiger partial charge >= 0.3 is 0 Å². The van der Waals surface area contributed by atoms with Gasteiger partial charge in [-0.3, -0.25) is 4.98 Å². The van der Waals surface area contributed by atoms with Crippen molar-refractivity contribution in [1.82, 2.24) is 35.0 Å². The van der Waals surface area contributed by atoms with Gasteiger partial charge in [-0.15, -0.1) is 10.2 Å². The first kappa shape index (κ1) is 34.1. The van der Waals surface area contributed by atoms with E-state index in [4.69, 9.17) is 23.2 Å². The topological polar surface area (TPSA) is 80.8 Å². The molecule has 0 atom stereocenters. The Bertz CT molecular complexity index is 2390. The Morgan fingerprint density at radius 2 is 1.06 bits per heavy atom. The average Bonchev–Trinajstić information content (AvgIpc) is 3.59. The van der Waals surface area contributed by atoms with Crippen LogP contribution in [0, 0.1) is 20.8 Å². The Morgan fingerprint density at radius 3 is 1.58 bits per heavy atom. The fourth-order valence-corrected chi connectivity index (χ4v) is 7.49. The maximum absolute atomic E-state index is 6.13. The summed E-state index contributed by atoms with van der Waals surface area (Å²) < 4.78 is 5.03. The van der Waals surface area contributed by atoms with E-state index in [9.17, 15) is 0 Å². The maximum Gasteiger partial charge on any atom is 0.0936 e. The van der Waals surface area contributed by atoms with Gasteiger partial charge in [0.1, 0.15) is 0 Å². The van der Waals surface area contributed by atoms with Crippen molar-refractivity contribution >= 4 is 61.9 Å². The van der Waals surface area contributed by atoms with Crippen LogP contribution in [0.1, 0.15) is 17.1 Å². The van der Waals surface area contributed by atoms with Crippen molar-refractivity contribution in [3.8, 4) is 33.6 Å². The molecule has 0 saturated heterocycles. The third-order valence-electron chi connectivity index (χ3n) is 9.45. The summed E-state index contributed by atoms with van der Waals surface area (Å²) in [6.45, 7) is 9.17. The predicted octanol–water partition coefficient (Wildman–Crippen LogP) is 10.3. The Morgan fingerprint density at radius 1 is 0.558 bits per heavy atom. The van der Waals surface area contributed by atoms with Gasteiger partial charge in [0, 0.05) is 67.6 Å². The molecule has 0 bridgehead atoms. The molecule has 2 aliphatic heterocycles. The van der Waals surface area contributed by atoms with E-state index in [2.05, 4.69) is 106 Å². The molecule has 5 heterocycles. The van der Waals surface area contributed by atoms with E-state index in [-0.39, 0.29) is 0 Å². The van der Waals surface area contributed by atoms with Crippen LogP contribution < -0.4 is 9.80 Å². The normalized spacial score (nSPS) is 13.2. The first-order valence-electron chi connectivity index (χ1n) is 17.0. The highest BCUT2D eigenvalue weighted by Gasteiger charge is 2.26. The van der Waals surface area contributed by atoms with Gasteiger partial charge in [-0.2, -0.15) is 0 Å². The summed E-state index contributed by atoms with van der Waals surface area (Å²) in [5.74, 6) is 0. The molecule has 0 spiro atoms. The molecular weight excluding hydrogens is 757 g/mol. The second-order valence-corrected chi connectivity index (χ2v) is 14.6. The third-order valence-corrected chi connectivity index (χ3v) is 10.4. The van der Waals surface area contributed by atoms with E-state index in [0.29, 0.717) is 0 Å². The smallest absolute Gasteiger partial charge is 0.0936 e. The lowest BCUT2D eigenvalue weighted by Crippen LogP contribution is -2.21. The minimum atomic E-state index is 0.733. The fraction of sp³-hybridized carbons (Fsp3) is 0.175. The molecule has 2 aliphatic rings. The van der Waals surface area contributed by atoms with Gasteiger partial charge in [-0.1, -0.05) is 67.8 Å². The molecule has 4 aromatic carbocycles. The first-order valence-corrected chi connectivity index (χ1v) is 18.5. The minimum Gasteiger partial charge on any atom is -0.339 e. The van der Waals surface area contributed by atoms with Gasteiger partial charge in [0.15, 0.2) is 0 Å². The molecule has 0 unspecified atom stereocenters. The van der Waals surface area contributed by atoms with Crippen LogP contribution in [0.5, 0.6) is 0 Å². The predicted molar refractivity (Wildman–Crippen MR) is 213 cm³/mol. The maximum atomic E-state index is 6.13. The first-order chi connectivity index (χ1) is 25.2. The van der Waals surface area contributed by atoms with Gasteiger partial charge in [-0.05, 0) is 105 Å². The zero-order valence-electron chi connectivity index (χ0n) is 28.8. The number of rotatable bonds is 3. The largest absolute Gasteiger partial charge is 0.339 e. The summed E-state index contributed by atoms with van der Waals surface area (Å²) in [4.78, 5) is 9.08. The lowest BCUT2D eigenvalue weighted by atomic mass is 10.00. The molecule has 260 valence electrons. The van der Waals surface area contributed by atoms with Crippen LogP contribution in [-0.2, 0) is 13.1 Å². The molecule has 9 nitrogen and oxygen atoms in total. The van der Waals surface area contributed by atoms with Crippen LogP contribution in [0.15, 0.2) is 108 Å². The number of aromatic nitrogens is 7. The summed E-state index contributed by atoms with van der Waals surface area (Å²) in [6.07, 6.45) is 1.93. The van der Waals surface area contributed by atoms with Crippen molar-refractivity contribution in [2.45, 2.75) is 33.9 Å². The highest BCUT2D eigenvalue weighted by atomic mass is 79.9. The zero-order valence-corrected chi connectivity index (χ0v) is 31.9. The number of benzene rings is 4. The number of anilines is 4. The zero-order chi connectivity index (χ0) is 35.9. The minimum absolute atomic E-state index is 0.733. The number of nitrogens with zero attached hydrogens (tertiary/aromatic N) is 9. The van der Waals surface area contributed by atoms with Gasteiger partial charge in [0.05, 0.1) is 47.2 Å².